The molecule has 6 nitrogen and oxygen atoms in total. The number of rotatable bonds is 4. The molecule has 0 amide bonds. The zero-order valence-electron chi connectivity index (χ0n) is 19.3. The van der Waals surface area contributed by atoms with E-state index < -0.39 is 21.1 Å². The summed E-state index contributed by atoms with van der Waals surface area (Å²) in [7, 11) is 1.82. The molecule has 0 saturated carbocycles. The monoisotopic (exact) mass is 610 g/mol. The molecule has 0 spiro atoms. The molecular formula is C25H23F4IN6. The normalized spacial score (nSPS) is 20.8. The van der Waals surface area contributed by atoms with Crippen LogP contribution >= 0.6 is 22.6 Å². The van der Waals surface area contributed by atoms with Crippen molar-refractivity contribution in [1.82, 2.24) is 20.0 Å². The Hall–Kier alpha value is -2.80. The molecule has 2 N–H and O–H groups in total. The number of aromatic nitrogens is 4. The summed E-state index contributed by atoms with van der Waals surface area (Å²) >= 11 is 2.19. The van der Waals surface area contributed by atoms with E-state index in [1.54, 1.807) is 10.9 Å². The lowest BCUT2D eigenvalue weighted by molar-refractivity contribution is -0.138. The van der Waals surface area contributed by atoms with Gasteiger partial charge in [-0.1, -0.05) is 52.9 Å². The predicted molar refractivity (Wildman–Crippen MR) is 138 cm³/mol. The first-order valence-corrected chi connectivity index (χ1v) is 12.5. The second-order valence-corrected chi connectivity index (χ2v) is 11.1. The van der Waals surface area contributed by atoms with Gasteiger partial charge in [0, 0.05) is 43.0 Å². The minimum Gasteiger partial charge on any atom is -0.340 e. The average Bonchev–Trinajstić information content (AvgIpc) is 3.24. The van der Waals surface area contributed by atoms with E-state index in [-0.39, 0.29) is 18.0 Å². The molecule has 3 heterocycles. The fourth-order valence-electron chi connectivity index (χ4n) is 4.92. The van der Waals surface area contributed by atoms with Crippen LogP contribution in [0.1, 0.15) is 24.0 Å². The van der Waals surface area contributed by atoms with Gasteiger partial charge in [-0.15, -0.1) is 10.2 Å². The summed E-state index contributed by atoms with van der Waals surface area (Å²) in [5, 5.41) is 15.0. The molecule has 2 atom stereocenters. The number of benzene rings is 2. The molecule has 5 rings (SSSR count). The van der Waals surface area contributed by atoms with E-state index >= 15 is 0 Å². The molecular weight excluding hydrogens is 587 g/mol. The van der Waals surface area contributed by atoms with Crippen molar-refractivity contribution in [2.45, 2.75) is 35.0 Å². The van der Waals surface area contributed by atoms with E-state index in [1.807, 2.05) is 42.3 Å². The van der Waals surface area contributed by atoms with Crippen LogP contribution in [0.4, 0.5) is 23.4 Å². The number of nitrogens with two attached hydrogens (primary N) is 1. The summed E-state index contributed by atoms with van der Waals surface area (Å²) in [5.41, 5.74) is 6.82. The SMILES string of the molecule is Cn1nccc1-c1nnc(N2CCC(N)CC2(I)Cc2ccc(F)cc2C(F)(F)F)c2ccccc12. The predicted octanol–water partition coefficient (Wildman–Crippen LogP) is 5.49. The van der Waals surface area contributed by atoms with Crippen molar-refractivity contribution < 1.29 is 17.6 Å². The molecule has 0 bridgehead atoms. The molecule has 11 heteroatoms. The van der Waals surface area contributed by atoms with Crippen molar-refractivity contribution >= 4 is 39.2 Å². The molecule has 4 aromatic rings. The Kier molecular flexibility index (Phi) is 6.39. The lowest BCUT2D eigenvalue weighted by Crippen LogP contribution is -2.55. The maximum absolute atomic E-state index is 13.8. The van der Waals surface area contributed by atoms with Crippen molar-refractivity contribution in [1.29, 1.82) is 0 Å². The smallest absolute Gasteiger partial charge is 0.340 e. The van der Waals surface area contributed by atoms with Gasteiger partial charge in [-0.3, -0.25) is 4.68 Å². The van der Waals surface area contributed by atoms with Crippen LogP contribution in [0.25, 0.3) is 22.2 Å². The largest absolute Gasteiger partial charge is 0.416 e. The summed E-state index contributed by atoms with van der Waals surface area (Å²) in [5.74, 6) is -0.345. The second-order valence-electron chi connectivity index (χ2n) is 9.06. The third-order valence-electron chi connectivity index (χ3n) is 6.61. The highest BCUT2D eigenvalue weighted by atomic mass is 127. The van der Waals surface area contributed by atoms with Crippen molar-refractivity contribution in [3.8, 4) is 11.4 Å². The maximum atomic E-state index is 13.8. The first-order chi connectivity index (χ1) is 17.1. The van der Waals surface area contributed by atoms with Crippen molar-refractivity contribution in [3.63, 3.8) is 0 Å². The van der Waals surface area contributed by atoms with Crippen molar-refractivity contribution in [2.75, 3.05) is 11.4 Å². The number of piperidine rings is 1. The number of hydrogen-bond donors (Lipinski definition) is 1. The van der Waals surface area contributed by atoms with Gasteiger partial charge in [0.05, 0.1) is 14.8 Å². The lowest BCUT2D eigenvalue weighted by Gasteiger charge is -2.46. The van der Waals surface area contributed by atoms with E-state index in [1.165, 1.54) is 6.07 Å². The van der Waals surface area contributed by atoms with Crippen molar-refractivity contribution in [2.24, 2.45) is 12.8 Å². The molecule has 0 radical (unpaired) electrons. The number of nitrogens with zero attached hydrogens (tertiary/aromatic N) is 5. The van der Waals surface area contributed by atoms with E-state index in [2.05, 4.69) is 37.9 Å². The van der Waals surface area contributed by atoms with E-state index in [0.717, 1.165) is 22.5 Å². The van der Waals surface area contributed by atoms with Gasteiger partial charge in [0.15, 0.2) is 5.82 Å². The Bertz CT molecular complexity index is 1420. The van der Waals surface area contributed by atoms with Gasteiger partial charge in [-0.05, 0) is 36.6 Å². The van der Waals surface area contributed by atoms with Crippen LogP contribution < -0.4 is 10.6 Å². The second kappa shape index (κ2) is 9.25. The summed E-state index contributed by atoms with van der Waals surface area (Å²) in [6.45, 7) is 0.496. The summed E-state index contributed by atoms with van der Waals surface area (Å²) in [6.07, 6.45) is -1.90. The molecule has 1 saturated heterocycles. The van der Waals surface area contributed by atoms with Gasteiger partial charge in [0.25, 0.3) is 0 Å². The summed E-state index contributed by atoms with van der Waals surface area (Å²) < 4.78 is 56.0. The van der Waals surface area contributed by atoms with Crippen LogP contribution in [0.15, 0.2) is 54.7 Å². The lowest BCUT2D eigenvalue weighted by atomic mass is 9.90. The van der Waals surface area contributed by atoms with Gasteiger partial charge in [-0.2, -0.15) is 18.3 Å². The minimum atomic E-state index is -4.68. The fourth-order valence-corrected chi connectivity index (χ4v) is 6.36. The molecule has 1 aliphatic rings. The van der Waals surface area contributed by atoms with Gasteiger partial charge in [0.1, 0.15) is 11.5 Å². The van der Waals surface area contributed by atoms with E-state index in [0.29, 0.717) is 37.0 Å². The third-order valence-corrected chi connectivity index (χ3v) is 8.01. The third kappa shape index (κ3) is 4.54. The molecule has 2 aromatic carbocycles. The maximum Gasteiger partial charge on any atom is 0.416 e. The standard InChI is InChI=1S/C25H23F4IN6/c1-35-21(8-10-32-35)22-18-4-2-3-5-19(18)23(34-33-22)36-11-9-17(31)14-24(36,30)13-15-6-7-16(26)12-20(15)25(27,28)29/h2-8,10,12,17H,9,11,13-14,31H2,1H3. The summed E-state index contributed by atoms with van der Waals surface area (Å²) in [4.78, 5) is 2.00. The highest BCUT2D eigenvalue weighted by Crippen LogP contribution is 2.44. The van der Waals surface area contributed by atoms with Crippen LogP contribution in [0.5, 0.6) is 0 Å². The zero-order chi connectivity index (χ0) is 25.7. The van der Waals surface area contributed by atoms with Gasteiger partial charge < -0.3 is 10.6 Å². The first-order valence-electron chi connectivity index (χ1n) is 11.4. The van der Waals surface area contributed by atoms with Crippen LogP contribution in [0, 0.1) is 5.82 Å². The van der Waals surface area contributed by atoms with Crippen LogP contribution in [0.3, 0.4) is 0 Å². The number of fused-ring (bicyclic) bond motifs is 1. The number of hydrogen-bond acceptors (Lipinski definition) is 5. The molecule has 188 valence electrons. The van der Waals surface area contributed by atoms with Crippen LogP contribution in [-0.4, -0.2) is 36.1 Å². The molecule has 2 unspecified atom stereocenters. The van der Waals surface area contributed by atoms with Crippen molar-refractivity contribution in [3.05, 3.63) is 71.7 Å². The molecule has 1 fully saturated rings. The highest BCUT2D eigenvalue weighted by molar-refractivity contribution is 14.1. The number of anilines is 1. The topological polar surface area (TPSA) is 72.9 Å². The average molecular weight is 610 g/mol. The van der Waals surface area contributed by atoms with Gasteiger partial charge >= 0.3 is 6.18 Å². The zero-order valence-corrected chi connectivity index (χ0v) is 21.5. The Morgan fingerprint density at radius 1 is 1.11 bits per heavy atom. The number of alkyl halides is 4. The molecule has 2 aromatic heterocycles. The van der Waals surface area contributed by atoms with E-state index in [9.17, 15) is 17.6 Å². The van der Waals surface area contributed by atoms with Crippen LogP contribution in [-0.2, 0) is 19.6 Å². The minimum absolute atomic E-state index is 0.00979. The summed E-state index contributed by atoms with van der Waals surface area (Å²) in [6, 6.07) is 12.2. The van der Waals surface area contributed by atoms with Crippen LogP contribution in [0.2, 0.25) is 0 Å². The number of aryl methyl sites for hydroxylation is 1. The molecule has 0 aliphatic carbocycles. The van der Waals surface area contributed by atoms with Gasteiger partial charge in [0.2, 0.25) is 0 Å². The van der Waals surface area contributed by atoms with E-state index in [4.69, 9.17) is 5.73 Å². The Morgan fingerprint density at radius 3 is 2.56 bits per heavy atom. The molecule has 36 heavy (non-hydrogen) atoms. The Morgan fingerprint density at radius 2 is 1.86 bits per heavy atom. The molecule has 1 aliphatic heterocycles. The highest BCUT2D eigenvalue weighted by Gasteiger charge is 2.43. The number of halogens is 5. The van der Waals surface area contributed by atoms with Gasteiger partial charge in [-0.25, -0.2) is 4.39 Å². The Balaban J connectivity index is 1.63. The first kappa shape index (κ1) is 24.9. The quantitative estimate of drug-likeness (QED) is 0.143. The fraction of sp³-hybridized carbons (Fsp3) is 0.320. The Labute approximate surface area is 218 Å².